The first-order chi connectivity index (χ1) is 21.1. The summed E-state index contributed by atoms with van der Waals surface area (Å²) in [5.74, 6) is 0.214. The molecule has 252 valence electrons. The number of hydrogen-bond donors (Lipinski definition) is 0. The number of ether oxygens (including phenoxy) is 4. The molecule has 0 fully saturated rings. The molecule has 0 saturated carbocycles. The van der Waals surface area contributed by atoms with Crippen LogP contribution in [-0.2, 0) is 28.5 Å². The Hall–Kier alpha value is -1.66. The molecule has 0 aromatic heterocycles. The summed E-state index contributed by atoms with van der Waals surface area (Å²) in [5.41, 5.74) is 0. The zero-order valence-electron chi connectivity index (χ0n) is 28.4. The zero-order chi connectivity index (χ0) is 31.5. The van der Waals surface area contributed by atoms with Gasteiger partial charge in [-0.3, -0.25) is 9.59 Å². The van der Waals surface area contributed by atoms with Gasteiger partial charge in [0.1, 0.15) is 13.2 Å². The third kappa shape index (κ3) is 34.7. The standard InChI is InChI=1S/C37H68O6/c1-4-6-8-10-12-18-25-31-42-36(38)27-21-15-14-17-23-29-40-33-35(3)34-41-30-24-20-16-22-28-37(39)43-32-26-19-13-11-9-7-5-2/h18-19,25-26,35H,4-17,20-24,27-34H2,1-3H3/b25-18-,26-19-. The normalized spacial score (nSPS) is 12.3. The largest absolute Gasteiger partial charge is 0.461 e. The van der Waals surface area contributed by atoms with Gasteiger partial charge in [0.15, 0.2) is 0 Å². The van der Waals surface area contributed by atoms with Crippen LogP contribution < -0.4 is 0 Å². The van der Waals surface area contributed by atoms with Gasteiger partial charge in [-0.05, 0) is 51.4 Å². The minimum atomic E-state index is -0.0927. The monoisotopic (exact) mass is 609 g/mol. The van der Waals surface area contributed by atoms with Crippen LogP contribution in [0.25, 0.3) is 0 Å². The summed E-state index contributed by atoms with van der Waals surface area (Å²) in [6.45, 7) is 10.4. The smallest absolute Gasteiger partial charge is 0.306 e. The van der Waals surface area contributed by atoms with Crippen molar-refractivity contribution in [1.29, 1.82) is 0 Å². The van der Waals surface area contributed by atoms with Crippen LogP contribution in [0.4, 0.5) is 0 Å². The third-order valence-corrected chi connectivity index (χ3v) is 7.36. The Labute approximate surface area is 265 Å². The molecule has 0 amide bonds. The van der Waals surface area contributed by atoms with Crippen LogP contribution in [-0.4, -0.2) is 51.6 Å². The molecule has 0 heterocycles. The number of carbonyl (C=O) groups is 2. The van der Waals surface area contributed by atoms with Gasteiger partial charge in [0.05, 0.1) is 13.2 Å². The first-order valence-electron chi connectivity index (χ1n) is 17.9. The van der Waals surface area contributed by atoms with E-state index in [0.717, 1.165) is 97.1 Å². The van der Waals surface area contributed by atoms with Crippen LogP contribution in [0.3, 0.4) is 0 Å². The number of rotatable bonds is 33. The van der Waals surface area contributed by atoms with E-state index in [1.807, 2.05) is 12.2 Å². The Morgan fingerprint density at radius 1 is 0.512 bits per heavy atom. The molecule has 0 aromatic rings. The molecule has 0 aliphatic rings. The average molecular weight is 609 g/mol. The number of allylic oxidation sites excluding steroid dienone is 2. The summed E-state index contributed by atoms with van der Waals surface area (Å²) < 4.78 is 22.2. The van der Waals surface area contributed by atoms with Gasteiger partial charge in [0.2, 0.25) is 0 Å². The number of hydrogen-bond acceptors (Lipinski definition) is 6. The first-order valence-corrected chi connectivity index (χ1v) is 17.9. The van der Waals surface area contributed by atoms with E-state index in [0.29, 0.717) is 32.0 Å². The van der Waals surface area contributed by atoms with Gasteiger partial charge in [-0.25, -0.2) is 0 Å². The van der Waals surface area contributed by atoms with Gasteiger partial charge < -0.3 is 18.9 Å². The second kappa shape index (κ2) is 34.8. The first kappa shape index (κ1) is 41.3. The lowest BCUT2D eigenvalue weighted by Crippen LogP contribution is -2.14. The van der Waals surface area contributed by atoms with Crippen molar-refractivity contribution in [3.8, 4) is 0 Å². The maximum absolute atomic E-state index is 11.8. The molecule has 0 bridgehead atoms. The Morgan fingerprint density at radius 2 is 0.907 bits per heavy atom. The fourth-order valence-electron chi connectivity index (χ4n) is 4.62. The minimum absolute atomic E-state index is 0.0839. The quantitative estimate of drug-likeness (QED) is 0.0419. The molecule has 0 radical (unpaired) electrons. The molecule has 43 heavy (non-hydrogen) atoms. The second-order valence-corrected chi connectivity index (χ2v) is 11.9. The van der Waals surface area contributed by atoms with Gasteiger partial charge in [-0.1, -0.05) is 116 Å². The Bertz CT molecular complexity index is 659. The van der Waals surface area contributed by atoms with Crippen molar-refractivity contribution < 1.29 is 28.5 Å². The van der Waals surface area contributed by atoms with Crippen molar-refractivity contribution in [1.82, 2.24) is 0 Å². The summed E-state index contributed by atoms with van der Waals surface area (Å²) in [6, 6.07) is 0. The Morgan fingerprint density at radius 3 is 1.35 bits per heavy atom. The summed E-state index contributed by atoms with van der Waals surface area (Å²) in [5, 5.41) is 0. The van der Waals surface area contributed by atoms with E-state index in [-0.39, 0.29) is 11.9 Å². The molecule has 0 N–H and O–H groups in total. The molecule has 0 saturated heterocycles. The molecule has 0 rings (SSSR count). The number of unbranched alkanes of at least 4 members (excludes halogenated alkanes) is 15. The molecule has 0 aromatic carbocycles. The van der Waals surface area contributed by atoms with Crippen molar-refractivity contribution in [2.75, 3.05) is 39.6 Å². The van der Waals surface area contributed by atoms with Gasteiger partial charge in [-0.2, -0.15) is 0 Å². The molecular formula is C37H68O6. The fourth-order valence-corrected chi connectivity index (χ4v) is 4.62. The minimum Gasteiger partial charge on any atom is -0.461 e. The lowest BCUT2D eigenvalue weighted by molar-refractivity contribution is -0.143. The van der Waals surface area contributed by atoms with Gasteiger partial charge in [-0.15, -0.1) is 0 Å². The highest BCUT2D eigenvalue weighted by atomic mass is 16.5. The van der Waals surface area contributed by atoms with Gasteiger partial charge >= 0.3 is 11.9 Å². The molecule has 6 heteroatoms. The molecular weight excluding hydrogens is 540 g/mol. The lowest BCUT2D eigenvalue weighted by atomic mass is 10.1. The van der Waals surface area contributed by atoms with Crippen LogP contribution >= 0.6 is 0 Å². The SMILES string of the molecule is CCCCCC/C=C\COC(=O)CCCCCCCOCC(C)COCCCCCCC(=O)OC/C=C\CCCCCC. The molecule has 1 unspecified atom stereocenters. The van der Waals surface area contributed by atoms with Gasteiger partial charge in [0.25, 0.3) is 0 Å². The summed E-state index contributed by atoms with van der Waals surface area (Å²) >= 11 is 0. The van der Waals surface area contributed by atoms with Crippen LogP contribution in [0.2, 0.25) is 0 Å². The van der Waals surface area contributed by atoms with Gasteiger partial charge in [0, 0.05) is 32.0 Å². The third-order valence-electron chi connectivity index (χ3n) is 7.36. The molecule has 6 nitrogen and oxygen atoms in total. The van der Waals surface area contributed by atoms with E-state index in [1.54, 1.807) is 0 Å². The van der Waals surface area contributed by atoms with Crippen LogP contribution in [0.15, 0.2) is 24.3 Å². The molecule has 0 aliphatic heterocycles. The fraction of sp³-hybridized carbons (Fsp3) is 0.838. The van der Waals surface area contributed by atoms with E-state index >= 15 is 0 Å². The second-order valence-electron chi connectivity index (χ2n) is 11.9. The zero-order valence-corrected chi connectivity index (χ0v) is 28.4. The van der Waals surface area contributed by atoms with E-state index in [4.69, 9.17) is 18.9 Å². The highest BCUT2D eigenvalue weighted by Gasteiger charge is 2.05. The van der Waals surface area contributed by atoms with E-state index in [1.165, 1.54) is 51.4 Å². The average Bonchev–Trinajstić information content (AvgIpc) is 3.00. The number of carbonyl (C=O) groups excluding carboxylic acids is 2. The maximum Gasteiger partial charge on any atom is 0.306 e. The Kier molecular flexibility index (Phi) is 33.5. The summed E-state index contributed by atoms with van der Waals surface area (Å²) in [4.78, 5) is 23.6. The van der Waals surface area contributed by atoms with Crippen LogP contribution in [0, 0.1) is 5.92 Å². The van der Waals surface area contributed by atoms with Crippen molar-refractivity contribution in [2.24, 2.45) is 5.92 Å². The highest BCUT2D eigenvalue weighted by molar-refractivity contribution is 5.69. The van der Waals surface area contributed by atoms with Crippen LogP contribution in [0.1, 0.15) is 156 Å². The van der Waals surface area contributed by atoms with Crippen molar-refractivity contribution in [3.05, 3.63) is 24.3 Å². The predicted molar refractivity (Wildman–Crippen MR) is 179 cm³/mol. The summed E-state index contributed by atoms with van der Waals surface area (Å²) in [6.07, 6.45) is 30.8. The number of esters is 2. The van der Waals surface area contributed by atoms with E-state index in [2.05, 4.69) is 32.9 Å². The van der Waals surface area contributed by atoms with Crippen LogP contribution in [0.5, 0.6) is 0 Å². The van der Waals surface area contributed by atoms with E-state index < -0.39 is 0 Å². The summed E-state index contributed by atoms with van der Waals surface area (Å²) in [7, 11) is 0. The van der Waals surface area contributed by atoms with Crippen molar-refractivity contribution >= 4 is 11.9 Å². The Balaban J connectivity index is 3.36. The van der Waals surface area contributed by atoms with Crippen molar-refractivity contribution in [3.63, 3.8) is 0 Å². The molecule has 0 aliphatic carbocycles. The van der Waals surface area contributed by atoms with E-state index in [9.17, 15) is 9.59 Å². The predicted octanol–water partition coefficient (Wildman–Crippen LogP) is 10.1. The topological polar surface area (TPSA) is 71.1 Å². The highest BCUT2D eigenvalue weighted by Crippen LogP contribution is 2.09. The van der Waals surface area contributed by atoms with Crippen molar-refractivity contribution in [2.45, 2.75) is 156 Å². The maximum atomic E-state index is 11.8. The molecule has 0 spiro atoms. The lowest BCUT2D eigenvalue weighted by Gasteiger charge is -2.12. The molecule has 1 atom stereocenters.